The second kappa shape index (κ2) is 9.43. The van der Waals surface area contributed by atoms with Gasteiger partial charge in [-0.15, -0.1) is 0 Å². The summed E-state index contributed by atoms with van der Waals surface area (Å²) in [5, 5.41) is 0.467. The lowest BCUT2D eigenvalue weighted by molar-refractivity contribution is -0.136. The molecular weight excluding hydrogens is 402 g/mol. The quantitative estimate of drug-likeness (QED) is 0.753. The number of piperidine rings is 1. The van der Waals surface area contributed by atoms with Crippen molar-refractivity contribution in [3.05, 3.63) is 53.3 Å². The summed E-state index contributed by atoms with van der Waals surface area (Å²) in [7, 11) is 0. The summed E-state index contributed by atoms with van der Waals surface area (Å²) in [6.07, 6.45) is 5.86. The minimum Gasteiger partial charge on any atom is -0.341 e. The van der Waals surface area contributed by atoms with E-state index in [1.54, 1.807) is 30.6 Å². The Morgan fingerprint density at radius 1 is 0.867 bits per heavy atom. The van der Waals surface area contributed by atoms with Gasteiger partial charge in [0.05, 0.1) is 10.6 Å². The number of carbonyl (C=O) groups excluding carboxylic acids is 2. The molecule has 158 valence electrons. The lowest BCUT2D eigenvalue weighted by Crippen LogP contribution is -2.44. The van der Waals surface area contributed by atoms with Crippen LogP contribution >= 0.6 is 11.6 Å². The van der Waals surface area contributed by atoms with Crippen LogP contribution in [0.25, 0.3) is 0 Å². The van der Waals surface area contributed by atoms with Gasteiger partial charge in [0.15, 0.2) is 0 Å². The molecule has 30 heavy (non-hydrogen) atoms. The van der Waals surface area contributed by atoms with Crippen LogP contribution in [0.3, 0.4) is 0 Å². The number of benzene rings is 1. The standard InChI is InChI=1S/C22H26ClN5O2/c23-19-6-2-1-5-18(19)21(30)27-12-4-11-26(15-16-27)20(29)17-7-13-28(14-8-17)22-24-9-3-10-25-22/h1-3,5-6,9-10,17H,4,7-8,11-16H2. The molecule has 0 atom stereocenters. The van der Waals surface area contributed by atoms with E-state index < -0.39 is 0 Å². The van der Waals surface area contributed by atoms with Gasteiger partial charge in [-0.05, 0) is 37.5 Å². The lowest BCUT2D eigenvalue weighted by Gasteiger charge is -2.34. The maximum atomic E-state index is 13.1. The van der Waals surface area contributed by atoms with E-state index in [1.807, 2.05) is 21.9 Å². The normalized spacial score (nSPS) is 18.2. The molecule has 0 saturated carbocycles. The second-order valence-electron chi connectivity index (χ2n) is 7.76. The third-order valence-electron chi connectivity index (χ3n) is 5.88. The van der Waals surface area contributed by atoms with Crippen LogP contribution < -0.4 is 4.90 Å². The maximum Gasteiger partial charge on any atom is 0.255 e. The Labute approximate surface area is 181 Å². The monoisotopic (exact) mass is 427 g/mol. The van der Waals surface area contributed by atoms with E-state index in [1.165, 1.54) is 0 Å². The molecule has 1 aromatic heterocycles. The first-order valence-electron chi connectivity index (χ1n) is 10.5. The van der Waals surface area contributed by atoms with Crippen LogP contribution in [0, 0.1) is 5.92 Å². The number of amides is 2. The molecule has 0 bridgehead atoms. The molecule has 1 aromatic carbocycles. The minimum atomic E-state index is -0.0638. The maximum absolute atomic E-state index is 13.1. The van der Waals surface area contributed by atoms with Crippen LogP contribution in [0.1, 0.15) is 29.6 Å². The van der Waals surface area contributed by atoms with Crippen LogP contribution in [0.15, 0.2) is 42.7 Å². The van der Waals surface area contributed by atoms with Gasteiger partial charge < -0.3 is 14.7 Å². The molecule has 7 nitrogen and oxygen atoms in total. The average Bonchev–Trinajstić information content (AvgIpc) is 3.06. The molecule has 3 heterocycles. The number of carbonyl (C=O) groups is 2. The summed E-state index contributed by atoms with van der Waals surface area (Å²) in [6.45, 7) is 3.99. The summed E-state index contributed by atoms with van der Waals surface area (Å²) in [4.78, 5) is 40.4. The molecule has 2 aliphatic heterocycles. The van der Waals surface area contributed by atoms with Crippen LogP contribution in [-0.4, -0.2) is 70.9 Å². The number of aromatic nitrogens is 2. The third kappa shape index (κ3) is 4.56. The Hall–Kier alpha value is -2.67. The first-order chi connectivity index (χ1) is 14.6. The van der Waals surface area contributed by atoms with Gasteiger partial charge >= 0.3 is 0 Å². The van der Waals surface area contributed by atoms with Crippen molar-refractivity contribution in [3.63, 3.8) is 0 Å². The highest BCUT2D eigenvalue weighted by Gasteiger charge is 2.31. The smallest absolute Gasteiger partial charge is 0.255 e. The SMILES string of the molecule is O=C(c1ccccc1Cl)N1CCCN(C(=O)C2CCN(c3ncccn3)CC2)CC1. The van der Waals surface area contributed by atoms with Crippen LogP contribution in [0.2, 0.25) is 5.02 Å². The highest BCUT2D eigenvalue weighted by molar-refractivity contribution is 6.33. The Kier molecular flexibility index (Phi) is 6.47. The number of halogens is 1. The Morgan fingerprint density at radius 2 is 1.53 bits per heavy atom. The first-order valence-corrected chi connectivity index (χ1v) is 10.9. The van der Waals surface area contributed by atoms with E-state index in [4.69, 9.17) is 11.6 Å². The highest BCUT2D eigenvalue weighted by atomic mass is 35.5. The zero-order chi connectivity index (χ0) is 20.9. The molecule has 0 unspecified atom stereocenters. The second-order valence-corrected chi connectivity index (χ2v) is 8.17. The molecule has 8 heteroatoms. The fourth-order valence-electron chi connectivity index (χ4n) is 4.19. The minimum absolute atomic E-state index is 0.0239. The molecule has 2 amide bonds. The third-order valence-corrected chi connectivity index (χ3v) is 6.21. The Morgan fingerprint density at radius 3 is 2.27 bits per heavy atom. The zero-order valence-electron chi connectivity index (χ0n) is 16.9. The molecule has 4 rings (SSSR count). The van der Waals surface area contributed by atoms with Crippen molar-refractivity contribution in [2.75, 3.05) is 44.2 Å². The molecule has 0 aliphatic carbocycles. The predicted molar refractivity (Wildman–Crippen MR) is 116 cm³/mol. The van der Waals surface area contributed by atoms with Crippen molar-refractivity contribution < 1.29 is 9.59 Å². The number of anilines is 1. The van der Waals surface area contributed by atoms with E-state index in [9.17, 15) is 9.59 Å². The van der Waals surface area contributed by atoms with Gasteiger partial charge in [0.2, 0.25) is 11.9 Å². The van der Waals surface area contributed by atoms with E-state index in [0.717, 1.165) is 38.3 Å². The van der Waals surface area contributed by atoms with Gasteiger partial charge in [-0.2, -0.15) is 0 Å². The van der Waals surface area contributed by atoms with E-state index in [-0.39, 0.29) is 17.7 Å². The van der Waals surface area contributed by atoms with Crippen LogP contribution in [0.5, 0.6) is 0 Å². The van der Waals surface area contributed by atoms with Gasteiger partial charge in [0.25, 0.3) is 5.91 Å². The van der Waals surface area contributed by atoms with Gasteiger partial charge in [-0.1, -0.05) is 23.7 Å². The Balaban J connectivity index is 1.32. The van der Waals surface area contributed by atoms with Crippen molar-refractivity contribution in [3.8, 4) is 0 Å². The fourth-order valence-corrected chi connectivity index (χ4v) is 4.40. The number of nitrogens with zero attached hydrogens (tertiary/aromatic N) is 5. The van der Waals surface area contributed by atoms with Crippen LogP contribution in [-0.2, 0) is 4.79 Å². The molecule has 0 radical (unpaired) electrons. The summed E-state index contributed by atoms with van der Waals surface area (Å²) >= 11 is 6.19. The average molecular weight is 428 g/mol. The van der Waals surface area contributed by atoms with E-state index >= 15 is 0 Å². The number of hydrogen-bond acceptors (Lipinski definition) is 5. The molecule has 0 N–H and O–H groups in total. The van der Waals surface area contributed by atoms with Crippen molar-refractivity contribution >= 4 is 29.4 Å². The van der Waals surface area contributed by atoms with Crippen molar-refractivity contribution in [2.24, 2.45) is 5.92 Å². The van der Waals surface area contributed by atoms with Crippen LogP contribution in [0.4, 0.5) is 5.95 Å². The van der Waals surface area contributed by atoms with Gasteiger partial charge in [0, 0.05) is 57.6 Å². The number of rotatable bonds is 3. The summed E-state index contributed by atoms with van der Waals surface area (Å²) < 4.78 is 0. The van der Waals surface area contributed by atoms with E-state index in [0.29, 0.717) is 36.8 Å². The topological polar surface area (TPSA) is 69.6 Å². The number of hydrogen-bond donors (Lipinski definition) is 0. The molecule has 2 fully saturated rings. The Bertz CT molecular complexity index is 886. The molecule has 2 aromatic rings. The predicted octanol–water partition coefficient (Wildman–Crippen LogP) is 2.72. The summed E-state index contributed by atoms with van der Waals surface area (Å²) in [5.41, 5.74) is 0.523. The summed E-state index contributed by atoms with van der Waals surface area (Å²) in [5.74, 6) is 0.893. The van der Waals surface area contributed by atoms with Gasteiger partial charge in [-0.3, -0.25) is 9.59 Å². The lowest BCUT2D eigenvalue weighted by atomic mass is 9.95. The molecule has 2 aliphatic rings. The fraction of sp³-hybridized carbons (Fsp3) is 0.455. The van der Waals surface area contributed by atoms with Crippen molar-refractivity contribution in [1.82, 2.24) is 19.8 Å². The van der Waals surface area contributed by atoms with Crippen molar-refractivity contribution in [1.29, 1.82) is 0 Å². The first kappa shape index (κ1) is 20.6. The molecule has 0 spiro atoms. The van der Waals surface area contributed by atoms with Crippen molar-refractivity contribution in [2.45, 2.75) is 19.3 Å². The van der Waals surface area contributed by atoms with E-state index in [2.05, 4.69) is 14.9 Å². The van der Waals surface area contributed by atoms with Gasteiger partial charge in [-0.25, -0.2) is 9.97 Å². The van der Waals surface area contributed by atoms with Gasteiger partial charge in [0.1, 0.15) is 0 Å². The molecule has 2 saturated heterocycles. The largest absolute Gasteiger partial charge is 0.341 e. The zero-order valence-corrected chi connectivity index (χ0v) is 17.7. The highest BCUT2D eigenvalue weighted by Crippen LogP contribution is 2.23. The summed E-state index contributed by atoms with van der Waals surface area (Å²) in [6, 6.07) is 8.92. The molecular formula is C22H26ClN5O2.